The summed E-state index contributed by atoms with van der Waals surface area (Å²) in [6.07, 6.45) is -2.16. The SMILES string of the molecule is CS(=O)NCC1(C(F)(F)F)c2cc(F)ccc2Nc2ncccc21. The van der Waals surface area contributed by atoms with E-state index >= 15 is 0 Å². The molecule has 2 atom stereocenters. The summed E-state index contributed by atoms with van der Waals surface area (Å²) in [5.74, 6) is -0.744. The molecule has 0 bridgehead atoms. The highest BCUT2D eigenvalue weighted by molar-refractivity contribution is 7.82. The van der Waals surface area contributed by atoms with Gasteiger partial charge in [0.25, 0.3) is 0 Å². The fraction of sp³-hybridized carbons (Fsp3) is 0.267. The van der Waals surface area contributed by atoms with Crippen LogP contribution in [0.25, 0.3) is 0 Å². The van der Waals surface area contributed by atoms with Gasteiger partial charge in [-0.05, 0) is 29.8 Å². The highest BCUT2D eigenvalue weighted by Crippen LogP contribution is 2.53. The first kappa shape index (κ1) is 16.8. The Bertz CT molecular complexity index is 812. The number of nitrogens with one attached hydrogen (secondary N) is 2. The van der Waals surface area contributed by atoms with Crippen LogP contribution in [0.4, 0.5) is 29.1 Å². The number of anilines is 2. The van der Waals surface area contributed by atoms with Crippen LogP contribution in [-0.2, 0) is 16.4 Å². The monoisotopic (exact) mass is 359 g/mol. The van der Waals surface area contributed by atoms with Crippen molar-refractivity contribution in [2.24, 2.45) is 0 Å². The minimum Gasteiger partial charge on any atom is -0.340 e. The van der Waals surface area contributed by atoms with Gasteiger partial charge in [0.05, 0.1) is 11.0 Å². The number of pyridine rings is 1. The summed E-state index contributed by atoms with van der Waals surface area (Å²) in [6.45, 7) is -0.698. The number of aromatic nitrogens is 1. The predicted molar refractivity (Wildman–Crippen MR) is 82.8 cm³/mol. The molecule has 4 nitrogen and oxygen atoms in total. The lowest BCUT2D eigenvalue weighted by Gasteiger charge is -2.41. The standard InChI is InChI=1S/C15H13F4N3OS/c1-24(23)21-8-14(15(17,18)19)10-3-2-6-20-13(10)22-12-5-4-9(16)7-11(12)14/h2-7,21H,8H2,1H3,(H,20,22). The van der Waals surface area contributed by atoms with Gasteiger partial charge in [0.1, 0.15) is 17.1 Å². The van der Waals surface area contributed by atoms with E-state index in [1.807, 2.05) is 0 Å². The summed E-state index contributed by atoms with van der Waals surface area (Å²) in [5, 5.41) is 2.80. The number of nitrogens with zero attached hydrogens (tertiary/aromatic N) is 1. The van der Waals surface area contributed by atoms with Crippen molar-refractivity contribution >= 4 is 22.5 Å². The van der Waals surface area contributed by atoms with E-state index in [4.69, 9.17) is 0 Å². The average molecular weight is 359 g/mol. The molecule has 1 aliphatic heterocycles. The summed E-state index contributed by atoms with van der Waals surface area (Å²) >= 11 is 0. The third-order valence-corrected chi connectivity index (χ3v) is 4.54. The number of alkyl halides is 3. The Labute approximate surface area is 137 Å². The van der Waals surface area contributed by atoms with Gasteiger partial charge in [0.2, 0.25) is 0 Å². The normalized spacial score (nSPS) is 20.7. The van der Waals surface area contributed by atoms with E-state index in [-0.39, 0.29) is 22.6 Å². The summed E-state index contributed by atoms with van der Waals surface area (Å²) in [6, 6.07) is 5.84. The van der Waals surface area contributed by atoms with E-state index in [0.29, 0.717) is 0 Å². The van der Waals surface area contributed by atoms with Crippen LogP contribution in [0.5, 0.6) is 0 Å². The minimum absolute atomic E-state index is 0.0395. The number of rotatable bonds is 3. The molecule has 0 aliphatic carbocycles. The zero-order chi connectivity index (χ0) is 17.5. The van der Waals surface area contributed by atoms with Gasteiger partial charge >= 0.3 is 6.18 Å². The van der Waals surface area contributed by atoms with Gasteiger partial charge in [-0.25, -0.2) is 18.3 Å². The predicted octanol–water partition coefficient (Wildman–Crippen LogP) is 3.01. The maximum Gasteiger partial charge on any atom is 0.403 e. The van der Waals surface area contributed by atoms with Gasteiger partial charge in [-0.15, -0.1) is 0 Å². The molecule has 1 aliphatic rings. The third-order valence-electron chi connectivity index (χ3n) is 3.99. The Balaban J connectivity index is 2.33. The van der Waals surface area contributed by atoms with Gasteiger partial charge in [-0.1, -0.05) is 6.07 Å². The van der Waals surface area contributed by atoms with Gasteiger partial charge in [0.15, 0.2) is 0 Å². The molecule has 2 unspecified atom stereocenters. The van der Waals surface area contributed by atoms with Crippen LogP contribution in [0.15, 0.2) is 36.5 Å². The van der Waals surface area contributed by atoms with Crippen molar-refractivity contribution in [3.63, 3.8) is 0 Å². The summed E-state index contributed by atoms with van der Waals surface area (Å²) < 4.78 is 70.1. The fourth-order valence-corrected chi connectivity index (χ4v) is 3.33. The molecule has 0 saturated heterocycles. The highest BCUT2D eigenvalue weighted by Gasteiger charge is 2.60. The van der Waals surface area contributed by atoms with Crippen molar-refractivity contribution in [2.45, 2.75) is 11.6 Å². The minimum atomic E-state index is -4.76. The Morgan fingerprint density at radius 3 is 2.71 bits per heavy atom. The molecule has 3 rings (SSSR count). The second-order valence-corrected chi connectivity index (χ2v) is 6.59. The van der Waals surface area contributed by atoms with Crippen molar-refractivity contribution in [1.29, 1.82) is 0 Å². The number of fused-ring (bicyclic) bond motifs is 2. The number of benzene rings is 1. The van der Waals surface area contributed by atoms with E-state index in [1.54, 1.807) is 0 Å². The maximum atomic E-state index is 14.2. The van der Waals surface area contributed by atoms with Crippen LogP contribution < -0.4 is 10.0 Å². The van der Waals surface area contributed by atoms with E-state index in [0.717, 1.165) is 12.1 Å². The molecular weight excluding hydrogens is 346 g/mol. The first-order chi connectivity index (χ1) is 11.3. The number of hydrogen-bond acceptors (Lipinski definition) is 3. The smallest absolute Gasteiger partial charge is 0.340 e. The molecule has 1 aromatic heterocycles. The molecule has 0 fully saturated rings. The zero-order valence-corrected chi connectivity index (χ0v) is 13.3. The topological polar surface area (TPSA) is 54.0 Å². The van der Waals surface area contributed by atoms with Gasteiger partial charge < -0.3 is 5.32 Å². The summed E-state index contributed by atoms with van der Waals surface area (Å²) in [4.78, 5) is 3.97. The molecule has 2 aromatic rings. The van der Waals surface area contributed by atoms with Crippen molar-refractivity contribution in [2.75, 3.05) is 18.1 Å². The summed E-state index contributed by atoms with van der Waals surface area (Å²) in [5.41, 5.74) is -2.86. The molecule has 1 aromatic carbocycles. The van der Waals surface area contributed by atoms with Crippen LogP contribution in [0.1, 0.15) is 11.1 Å². The van der Waals surface area contributed by atoms with Gasteiger partial charge in [-0.2, -0.15) is 13.2 Å². The quantitative estimate of drug-likeness (QED) is 0.829. The van der Waals surface area contributed by atoms with Crippen LogP contribution in [0.2, 0.25) is 0 Å². The number of hydrogen-bond donors (Lipinski definition) is 2. The van der Waals surface area contributed by atoms with E-state index in [1.165, 1.54) is 30.7 Å². The van der Waals surface area contributed by atoms with Gasteiger partial charge in [-0.3, -0.25) is 0 Å². The van der Waals surface area contributed by atoms with Crippen LogP contribution in [-0.4, -0.2) is 28.2 Å². The molecule has 9 heteroatoms. The Kier molecular flexibility index (Phi) is 4.08. The van der Waals surface area contributed by atoms with Crippen LogP contribution in [0, 0.1) is 5.82 Å². The largest absolute Gasteiger partial charge is 0.403 e. The second kappa shape index (κ2) is 5.82. The first-order valence-electron chi connectivity index (χ1n) is 6.92. The van der Waals surface area contributed by atoms with E-state index in [9.17, 15) is 21.8 Å². The molecule has 0 radical (unpaired) electrons. The highest BCUT2D eigenvalue weighted by atomic mass is 32.2. The fourth-order valence-electron chi connectivity index (χ4n) is 2.91. The zero-order valence-electron chi connectivity index (χ0n) is 12.4. The molecule has 128 valence electrons. The Morgan fingerprint density at radius 2 is 2.04 bits per heavy atom. The lowest BCUT2D eigenvalue weighted by molar-refractivity contribution is -0.176. The maximum absolute atomic E-state index is 14.2. The first-order valence-corrected chi connectivity index (χ1v) is 8.48. The second-order valence-electron chi connectivity index (χ2n) is 5.39. The Hall–Kier alpha value is -2.00. The van der Waals surface area contributed by atoms with Crippen molar-refractivity contribution in [3.8, 4) is 0 Å². The molecule has 24 heavy (non-hydrogen) atoms. The average Bonchev–Trinajstić information content (AvgIpc) is 2.50. The Morgan fingerprint density at radius 1 is 1.29 bits per heavy atom. The van der Waals surface area contributed by atoms with E-state index in [2.05, 4.69) is 15.0 Å². The molecule has 0 spiro atoms. The molecule has 2 N–H and O–H groups in total. The lowest BCUT2D eigenvalue weighted by Crippen LogP contribution is -2.52. The molecule has 2 heterocycles. The third kappa shape index (κ3) is 2.57. The van der Waals surface area contributed by atoms with Gasteiger partial charge in [0, 0.05) is 30.2 Å². The van der Waals surface area contributed by atoms with Crippen molar-refractivity contribution in [1.82, 2.24) is 9.71 Å². The summed E-state index contributed by atoms with van der Waals surface area (Å²) in [7, 11) is -1.67. The lowest BCUT2D eigenvalue weighted by atomic mass is 9.71. The van der Waals surface area contributed by atoms with Crippen LogP contribution in [0.3, 0.4) is 0 Å². The molecule has 0 amide bonds. The van der Waals surface area contributed by atoms with E-state index < -0.39 is 34.9 Å². The number of halogens is 4. The van der Waals surface area contributed by atoms with Crippen molar-refractivity contribution in [3.05, 3.63) is 53.5 Å². The molecule has 0 saturated carbocycles. The van der Waals surface area contributed by atoms with Crippen molar-refractivity contribution < 1.29 is 21.8 Å². The molecular formula is C15H13F4N3OS. The van der Waals surface area contributed by atoms with Crippen LogP contribution >= 0.6 is 0 Å².